The largest absolute Gasteiger partial charge is 0.330 e. The zero-order chi connectivity index (χ0) is 13.7. The molecule has 0 spiro atoms. The number of rotatable bonds is 6. The number of hydrogen-bond acceptors (Lipinski definition) is 3. The topological polar surface area (TPSA) is 58.4 Å². The number of fused-ring (bicyclic) bond motifs is 1. The standard InChI is InChI=1S/C15H23N3O/c1-17-9-2-10-18-14-5-3-12(7-8-16)11-13(14)4-6-15(18)19/h3,5,11,17H,2,4,6-10,16H2,1H3. The molecule has 4 heteroatoms. The van der Waals surface area contributed by atoms with E-state index in [1.807, 2.05) is 11.9 Å². The fourth-order valence-electron chi connectivity index (χ4n) is 2.59. The van der Waals surface area contributed by atoms with Gasteiger partial charge in [0.05, 0.1) is 0 Å². The smallest absolute Gasteiger partial charge is 0.227 e. The molecule has 0 radical (unpaired) electrons. The molecule has 0 aromatic heterocycles. The molecule has 1 amide bonds. The number of benzene rings is 1. The zero-order valence-electron chi connectivity index (χ0n) is 11.6. The van der Waals surface area contributed by atoms with Gasteiger partial charge < -0.3 is 16.0 Å². The number of nitrogens with zero attached hydrogens (tertiary/aromatic N) is 1. The predicted molar refractivity (Wildman–Crippen MR) is 78.4 cm³/mol. The molecule has 1 aromatic carbocycles. The monoisotopic (exact) mass is 261 g/mol. The van der Waals surface area contributed by atoms with E-state index in [4.69, 9.17) is 5.73 Å². The molecule has 3 N–H and O–H groups in total. The van der Waals surface area contributed by atoms with E-state index in [2.05, 4.69) is 23.5 Å². The maximum Gasteiger partial charge on any atom is 0.227 e. The summed E-state index contributed by atoms with van der Waals surface area (Å²) < 4.78 is 0. The van der Waals surface area contributed by atoms with Crippen LogP contribution < -0.4 is 16.0 Å². The lowest BCUT2D eigenvalue weighted by Gasteiger charge is -2.30. The molecule has 0 atom stereocenters. The van der Waals surface area contributed by atoms with Crippen LogP contribution in [0.3, 0.4) is 0 Å². The van der Waals surface area contributed by atoms with Crippen molar-refractivity contribution in [2.45, 2.75) is 25.7 Å². The molecular formula is C15H23N3O. The van der Waals surface area contributed by atoms with Crippen LogP contribution in [0, 0.1) is 0 Å². The highest BCUT2D eigenvalue weighted by Crippen LogP contribution is 2.29. The van der Waals surface area contributed by atoms with Gasteiger partial charge in [0, 0.05) is 18.7 Å². The summed E-state index contributed by atoms with van der Waals surface area (Å²) in [5, 5.41) is 3.12. The van der Waals surface area contributed by atoms with Crippen LogP contribution in [-0.2, 0) is 17.6 Å². The minimum Gasteiger partial charge on any atom is -0.330 e. The molecule has 4 nitrogen and oxygen atoms in total. The molecule has 2 rings (SSSR count). The Morgan fingerprint density at radius 2 is 2.21 bits per heavy atom. The van der Waals surface area contributed by atoms with E-state index >= 15 is 0 Å². The molecule has 0 unspecified atom stereocenters. The van der Waals surface area contributed by atoms with Crippen LogP contribution in [0.25, 0.3) is 0 Å². The third kappa shape index (κ3) is 3.33. The Kier molecular flexibility index (Phi) is 4.93. The van der Waals surface area contributed by atoms with E-state index in [0.29, 0.717) is 13.0 Å². The summed E-state index contributed by atoms with van der Waals surface area (Å²) in [6, 6.07) is 6.38. The number of nitrogens with one attached hydrogen (secondary N) is 1. The third-order valence-electron chi connectivity index (χ3n) is 3.59. The van der Waals surface area contributed by atoms with Crippen molar-refractivity contribution in [3.05, 3.63) is 29.3 Å². The van der Waals surface area contributed by atoms with Crippen molar-refractivity contribution in [1.82, 2.24) is 5.32 Å². The minimum atomic E-state index is 0.246. The molecular weight excluding hydrogens is 238 g/mol. The van der Waals surface area contributed by atoms with Gasteiger partial charge in [-0.3, -0.25) is 4.79 Å². The number of carbonyl (C=O) groups excluding carboxylic acids is 1. The van der Waals surface area contributed by atoms with Crippen molar-refractivity contribution in [1.29, 1.82) is 0 Å². The normalized spacial score (nSPS) is 14.6. The third-order valence-corrected chi connectivity index (χ3v) is 3.59. The minimum absolute atomic E-state index is 0.246. The van der Waals surface area contributed by atoms with Gasteiger partial charge in [0.25, 0.3) is 0 Å². The van der Waals surface area contributed by atoms with Gasteiger partial charge in [-0.25, -0.2) is 0 Å². The molecule has 0 saturated carbocycles. The summed E-state index contributed by atoms with van der Waals surface area (Å²) in [4.78, 5) is 14.0. The molecule has 0 saturated heterocycles. The first-order valence-electron chi connectivity index (χ1n) is 7.03. The van der Waals surface area contributed by atoms with Crippen molar-refractivity contribution >= 4 is 11.6 Å². The molecule has 104 valence electrons. The molecule has 0 bridgehead atoms. The van der Waals surface area contributed by atoms with Crippen molar-refractivity contribution in [2.75, 3.05) is 31.6 Å². The maximum atomic E-state index is 12.0. The van der Waals surface area contributed by atoms with Crippen LogP contribution in [0.5, 0.6) is 0 Å². The van der Waals surface area contributed by atoms with Crippen LogP contribution in [0.1, 0.15) is 24.0 Å². The van der Waals surface area contributed by atoms with Gasteiger partial charge in [-0.15, -0.1) is 0 Å². The van der Waals surface area contributed by atoms with Crippen LogP contribution in [0.15, 0.2) is 18.2 Å². The molecule has 1 aromatic rings. The molecule has 0 fully saturated rings. The summed E-state index contributed by atoms with van der Waals surface area (Å²) >= 11 is 0. The Morgan fingerprint density at radius 1 is 1.37 bits per heavy atom. The zero-order valence-corrected chi connectivity index (χ0v) is 11.6. The summed E-state index contributed by atoms with van der Waals surface area (Å²) in [6.45, 7) is 2.40. The first-order chi connectivity index (χ1) is 9.26. The molecule has 1 aliphatic heterocycles. The van der Waals surface area contributed by atoms with E-state index in [9.17, 15) is 4.79 Å². The lowest BCUT2D eigenvalue weighted by molar-refractivity contribution is -0.118. The maximum absolute atomic E-state index is 12.0. The van der Waals surface area contributed by atoms with E-state index < -0.39 is 0 Å². The Morgan fingerprint density at radius 3 is 2.95 bits per heavy atom. The average Bonchev–Trinajstić information content (AvgIpc) is 2.42. The fraction of sp³-hybridized carbons (Fsp3) is 0.533. The van der Waals surface area contributed by atoms with Crippen molar-refractivity contribution in [3.8, 4) is 0 Å². The van der Waals surface area contributed by atoms with E-state index in [-0.39, 0.29) is 5.91 Å². The first kappa shape index (κ1) is 14.0. The Balaban J connectivity index is 2.16. The Hall–Kier alpha value is -1.39. The fourth-order valence-corrected chi connectivity index (χ4v) is 2.59. The molecule has 1 heterocycles. The number of amides is 1. The first-order valence-corrected chi connectivity index (χ1v) is 7.03. The number of hydrogen-bond donors (Lipinski definition) is 2. The van der Waals surface area contributed by atoms with Crippen LogP contribution in [-0.4, -0.2) is 32.6 Å². The molecule has 0 aliphatic carbocycles. The van der Waals surface area contributed by atoms with Gasteiger partial charge >= 0.3 is 0 Å². The Labute approximate surface area is 115 Å². The lowest BCUT2D eigenvalue weighted by atomic mass is 9.97. The average molecular weight is 261 g/mol. The molecule has 1 aliphatic rings. The van der Waals surface area contributed by atoms with Crippen molar-refractivity contribution in [2.24, 2.45) is 5.73 Å². The van der Waals surface area contributed by atoms with E-state index in [0.717, 1.165) is 38.0 Å². The number of anilines is 1. The lowest BCUT2D eigenvalue weighted by Crippen LogP contribution is -2.36. The van der Waals surface area contributed by atoms with E-state index in [1.54, 1.807) is 0 Å². The van der Waals surface area contributed by atoms with Crippen LogP contribution >= 0.6 is 0 Å². The highest BCUT2D eigenvalue weighted by Gasteiger charge is 2.23. The van der Waals surface area contributed by atoms with Crippen molar-refractivity contribution < 1.29 is 4.79 Å². The van der Waals surface area contributed by atoms with Crippen LogP contribution in [0.2, 0.25) is 0 Å². The second-order valence-electron chi connectivity index (χ2n) is 5.00. The van der Waals surface area contributed by atoms with Gasteiger partial charge in [0.2, 0.25) is 5.91 Å². The van der Waals surface area contributed by atoms with Gasteiger partial charge in [-0.2, -0.15) is 0 Å². The Bertz CT molecular complexity index is 445. The highest BCUT2D eigenvalue weighted by molar-refractivity contribution is 5.96. The second kappa shape index (κ2) is 6.68. The summed E-state index contributed by atoms with van der Waals surface area (Å²) in [6.07, 6.45) is 3.36. The number of nitrogens with two attached hydrogens (primary N) is 1. The SMILES string of the molecule is CNCCCN1C(=O)CCc2cc(CCN)ccc21. The van der Waals surface area contributed by atoms with Gasteiger partial charge in [-0.1, -0.05) is 12.1 Å². The van der Waals surface area contributed by atoms with E-state index in [1.165, 1.54) is 11.1 Å². The summed E-state index contributed by atoms with van der Waals surface area (Å²) in [5.41, 5.74) is 9.24. The van der Waals surface area contributed by atoms with Gasteiger partial charge in [0.15, 0.2) is 0 Å². The number of aryl methyl sites for hydroxylation is 1. The van der Waals surface area contributed by atoms with Crippen LogP contribution in [0.4, 0.5) is 5.69 Å². The second-order valence-corrected chi connectivity index (χ2v) is 5.00. The molecule has 19 heavy (non-hydrogen) atoms. The number of carbonyl (C=O) groups is 1. The quantitative estimate of drug-likeness (QED) is 0.753. The van der Waals surface area contributed by atoms with Gasteiger partial charge in [0.1, 0.15) is 0 Å². The van der Waals surface area contributed by atoms with Gasteiger partial charge in [-0.05, 0) is 56.6 Å². The van der Waals surface area contributed by atoms with Crippen molar-refractivity contribution in [3.63, 3.8) is 0 Å². The predicted octanol–water partition coefficient (Wildman–Crippen LogP) is 1.08. The highest BCUT2D eigenvalue weighted by atomic mass is 16.2. The summed E-state index contributed by atoms with van der Waals surface area (Å²) in [7, 11) is 1.94. The summed E-state index contributed by atoms with van der Waals surface area (Å²) in [5.74, 6) is 0.246.